The van der Waals surface area contributed by atoms with E-state index < -0.39 is 0 Å². The standard InChI is InChI=1S/C18H23N5O2/c1-12(2)21-18(25)16-22-15(14-5-3-4-10-23(14)16)17(24)20-11-13-6-8-19-9-7-13/h6-9,12H,3-5,10-11H2,1-2H3,(H,20,24)(H,21,25). The molecule has 1 aliphatic rings. The zero-order chi connectivity index (χ0) is 17.8. The Morgan fingerprint density at radius 3 is 2.68 bits per heavy atom. The molecule has 2 N–H and O–H groups in total. The lowest BCUT2D eigenvalue weighted by Gasteiger charge is -2.17. The van der Waals surface area contributed by atoms with Crippen LogP contribution in [0.25, 0.3) is 0 Å². The van der Waals surface area contributed by atoms with E-state index in [2.05, 4.69) is 20.6 Å². The van der Waals surface area contributed by atoms with Crippen LogP contribution in [0.5, 0.6) is 0 Å². The molecule has 0 radical (unpaired) electrons. The number of fused-ring (bicyclic) bond motifs is 1. The molecule has 0 unspecified atom stereocenters. The van der Waals surface area contributed by atoms with E-state index in [-0.39, 0.29) is 17.9 Å². The summed E-state index contributed by atoms with van der Waals surface area (Å²) in [4.78, 5) is 33.4. The van der Waals surface area contributed by atoms with Gasteiger partial charge in [-0.2, -0.15) is 0 Å². The summed E-state index contributed by atoms with van der Waals surface area (Å²) in [7, 11) is 0. The molecule has 7 heteroatoms. The van der Waals surface area contributed by atoms with E-state index in [1.165, 1.54) is 0 Å². The van der Waals surface area contributed by atoms with Gasteiger partial charge in [0.25, 0.3) is 11.8 Å². The van der Waals surface area contributed by atoms with Crippen molar-refractivity contribution in [3.05, 3.63) is 47.3 Å². The number of rotatable bonds is 5. The number of nitrogens with one attached hydrogen (secondary N) is 2. The summed E-state index contributed by atoms with van der Waals surface area (Å²) >= 11 is 0. The third kappa shape index (κ3) is 3.87. The van der Waals surface area contributed by atoms with Gasteiger partial charge in [0.2, 0.25) is 0 Å². The smallest absolute Gasteiger partial charge is 0.287 e. The number of amides is 2. The molecule has 0 bridgehead atoms. The van der Waals surface area contributed by atoms with Crippen molar-refractivity contribution in [1.29, 1.82) is 0 Å². The fourth-order valence-electron chi connectivity index (χ4n) is 2.99. The van der Waals surface area contributed by atoms with E-state index >= 15 is 0 Å². The molecule has 0 fully saturated rings. The quantitative estimate of drug-likeness (QED) is 0.866. The summed E-state index contributed by atoms with van der Waals surface area (Å²) in [5, 5.41) is 5.74. The van der Waals surface area contributed by atoms with Crippen LogP contribution < -0.4 is 10.6 Å². The summed E-state index contributed by atoms with van der Waals surface area (Å²) in [6, 6.07) is 3.72. The van der Waals surface area contributed by atoms with Crippen molar-refractivity contribution in [3.8, 4) is 0 Å². The van der Waals surface area contributed by atoms with Crippen molar-refractivity contribution < 1.29 is 9.59 Å². The van der Waals surface area contributed by atoms with Crippen LogP contribution >= 0.6 is 0 Å². The molecule has 3 heterocycles. The molecule has 3 rings (SSSR count). The van der Waals surface area contributed by atoms with Crippen LogP contribution in [0.2, 0.25) is 0 Å². The van der Waals surface area contributed by atoms with Gasteiger partial charge in [-0.3, -0.25) is 14.6 Å². The summed E-state index contributed by atoms with van der Waals surface area (Å²) < 4.78 is 1.89. The maximum Gasteiger partial charge on any atom is 0.287 e. The van der Waals surface area contributed by atoms with Gasteiger partial charge in [0.15, 0.2) is 5.82 Å². The third-order valence-corrected chi connectivity index (χ3v) is 4.16. The Kier molecular flexibility index (Phi) is 5.11. The van der Waals surface area contributed by atoms with Crippen molar-refractivity contribution in [3.63, 3.8) is 0 Å². The second-order valence-electron chi connectivity index (χ2n) is 6.51. The lowest BCUT2D eigenvalue weighted by Crippen LogP contribution is -2.33. The van der Waals surface area contributed by atoms with Gasteiger partial charge in [-0.25, -0.2) is 4.98 Å². The Balaban J connectivity index is 1.81. The number of hydrogen-bond acceptors (Lipinski definition) is 4. The molecule has 132 valence electrons. The monoisotopic (exact) mass is 341 g/mol. The number of carbonyl (C=O) groups excluding carboxylic acids is 2. The van der Waals surface area contributed by atoms with Crippen molar-refractivity contribution in [2.75, 3.05) is 0 Å². The zero-order valence-corrected chi connectivity index (χ0v) is 14.6. The van der Waals surface area contributed by atoms with Gasteiger partial charge in [-0.1, -0.05) is 0 Å². The molecule has 0 spiro atoms. The Bertz CT molecular complexity index is 767. The van der Waals surface area contributed by atoms with E-state index in [4.69, 9.17) is 0 Å². The van der Waals surface area contributed by atoms with E-state index in [1.807, 2.05) is 30.5 Å². The fourth-order valence-corrected chi connectivity index (χ4v) is 2.99. The molecule has 0 saturated carbocycles. The molecule has 0 saturated heterocycles. The first-order valence-corrected chi connectivity index (χ1v) is 8.63. The highest BCUT2D eigenvalue weighted by molar-refractivity contribution is 5.97. The largest absolute Gasteiger partial charge is 0.347 e. The Morgan fingerprint density at radius 1 is 1.20 bits per heavy atom. The van der Waals surface area contributed by atoms with Crippen LogP contribution in [0.15, 0.2) is 24.5 Å². The first-order valence-electron chi connectivity index (χ1n) is 8.63. The number of nitrogens with zero attached hydrogens (tertiary/aromatic N) is 3. The van der Waals surface area contributed by atoms with Gasteiger partial charge >= 0.3 is 0 Å². The van der Waals surface area contributed by atoms with Crippen LogP contribution in [0.4, 0.5) is 0 Å². The highest BCUT2D eigenvalue weighted by Gasteiger charge is 2.27. The molecular weight excluding hydrogens is 318 g/mol. The number of imidazole rings is 1. The Morgan fingerprint density at radius 2 is 1.96 bits per heavy atom. The number of carbonyl (C=O) groups is 2. The summed E-state index contributed by atoms with van der Waals surface area (Å²) in [5.74, 6) is -0.144. The van der Waals surface area contributed by atoms with E-state index in [1.54, 1.807) is 12.4 Å². The maximum absolute atomic E-state index is 12.6. The number of hydrogen-bond donors (Lipinski definition) is 2. The highest BCUT2D eigenvalue weighted by Crippen LogP contribution is 2.21. The first-order chi connectivity index (χ1) is 12.1. The summed E-state index contributed by atoms with van der Waals surface area (Å²) in [5.41, 5.74) is 2.18. The molecule has 0 aliphatic carbocycles. The second kappa shape index (κ2) is 7.46. The lowest BCUT2D eigenvalue weighted by atomic mass is 10.1. The fraction of sp³-hybridized carbons (Fsp3) is 0.444. The maximum atomic E-state index is 12.6. The van der Waals surface area contributed by atoms with Gasteiger partial charge in [-0.05, 0) is 50.8 Å². The predicted octanol–water partition coefficient (Wildman–Crippen LogP) is 1.68. The topological polar surface area (TPSA) is 88.9 Å². The molecule has 0 atom stereocenters. The van der Waals surface area contributed by atoms with E-state index in [9.17, 15) is 9.59 Å². The van der Waals surface area contributed by atoms with Crippen molar-refractivity contribution in [2.45, 2.75) is 52.2 Å². The van der Waals surface area contributed by atoms with Gasteiger partial charge in [0.05, 0.1) is 5.69 Å². The van der Waals surface area contributed by atoms with Crippen molar-refractivity contribution >= 4 is 11.8 Å². The van der Waals surface area contributed by atoms with Gasteiger partial charge < -0.3 is 15.2 Å². The Labute approximate surface area is 146 Å². The molecule has 25 heavy (non-hydrogen) atoms. The van der Waals surface area contributed by atoms with Gasteiger partial charge in [0, 0.05) is 31.5 Å². The number of pyridine rings is 1. The molecule has 2 amide bonds. The van der Waals surface area contributed by atoms with E-state index in [0.29, 0.717) is 18.1 Å². The summed E-state index contributed by atoms with van der Waals surface area (Å²) in [6.45, 7) is 4.93. The van der Waals surface area contributed by atoms with Crippen LogP contribution in [0, 0.1) is 0 Å². The van der Waals surface area contributed by atoms with E-state index in [0.717, 1.165) is 37.1 Å². The van der Waals surface area contributed by atoms with Crippen LogP contribution in [0.1, 0.15) is 59.1 Å². The molecule has 2 aromatic rings. The van der Waals surface area contributed by atoms with Crippen molar-refractivity contribution in [1.82, 2.24) is 25.2 Å². The van der Waals surface area contributed by atoms with Gasteiger partial charge in [-0.15, -0.1) is 0 Å². The number of aromatic nitrogens is 3. The van der Waals surface area contributed by atoms with Crippen LogP contribution in [-0.2, 0) is 19.5 Å². The molecule has 7 nitrogen and oxygen atoms in total. The minimum atomic E-state index is -0.244. The average molecular weight is 341 g/mol. The van der Waals surface area contributed by atoms with Gasteiger partial charge in [0.1, 0.15) is 5.69 Å². The first kappa shape index (κ1) is 17.1. The Hall–Kier alpha value is -2.70. The third-order valence-electron chi connectivity index (χ3n) is 4.16. The highest BCUT2D eigenvalue weighted by atomic mass is 16.2. The lowest BCUT2D eigenvalue weighted by molar-refractivity contribution is 0.0927. The molecule has 1 aliphatic heterocycles. The second-order valence-corrected chi connectivity index (χ2v) is 6.51. The average Bonchev–Trinajstić information content (AvgIpc) is 3.00. The van der Waals surface area contributed by atoms with Crippen LogP contribution in [-0.4, -0.2) is 32.4 Å². The molecular formula is C18H23N5O2. The molecule has 2 aromatic heterocycles. The normalized spacial score (nSPS) is 13.4. The predicted molar refractivity (Wildman–Crippen MR) is 93.2 cm³/mol. The minimum absolute atomic E-state index is 0.0213. The SMILES string of the molecule is CC(C)NC(=O)c1nc(C(=O)NCc2ccncc2)c2n1CCCC2. The zero-order valence-electron chi connectivity index (χ0n) is 14.6. The summed E-state index contributed by atoms with van der Waals surface area (Å²) in [6.07, 6.45) is 6.13. The van der Waals surface area contributed by atoms with Crippen molar-refractivity contribution in [2.24, 2.45) is 0 Å². The van der Waals surface area contributed by atoms with Crippen LogP contribution in [0.3, 0.4) is 0 Å². The minimum Gasteiger partial charge on any atom is -0.347 e. The molecule has 0 aromatic carbocycles.